The Morgan fingerprint density at radius 3 is 2.62 bits per heavy atom. The highest BCUT2D eigenvalue weighted by atomic mass is 32.2. The molecule has 6 nitrogen and oxygen atoms in total. The van der Waals surface area contributed by atoms with Gasteiger partial charge in [0.05, 0.1) is 23.3 Å². The molecule has 0 aliphatic rings. The lowest BCUT2D eigenvalue weighted by molar-refractivity contribution is 0.580. The van der Waals surface area contributed by atoms with Crippen molar-refractivity contribution in [2.24, 2.45) is 0 Å². The second-order valence-electron chi connectivity index (χ2n) is 5.90. The van der Waals surface area contributed by atoms with E-state index in [9.17, 15) is 8.42 Å². The largest absolute Gasteiger partial charge is 0.309 e. The van der Waals surface area contributed by atoms with Crippen molar-refractivity contribution in [3.63, 3.8) is 0 Å². The number of pyridine rings is 1. The van der Waals surface area contributed by atoms with Crippen molar-refractivity contribution in [1.29, 1.82) is 0 Å². The molecule has 0 aliphatic heterocycles. The highest BCUT2D eigenvalue weighted by Gasteiger charge is 2.20. The minimum absolute atomic E-state index is 0.0671. The highest BCUT2D eigenvalue weighted by Crippen LogP contribution is 2.21. The standard InChI is InChI=1S/C17H16N4O2S/c1-12-6-5-9-20-10-13(18-16(12)20)11-21-15-8-4-3-7-14(15)19-17(21)24(2,22)23/h3-10H,11H2,1-2H3. The number of benzene rings is 1. The van der Waals surface area contributed by atoms with Crippen LogP contribution in [0.1, 0.15) is 11.3 Å². The normalized spacial score (nSPS) is 12.2. The third-order valence-corrected chi connectivity index (χ3v) is 4.97. The van der Waals surface area contributed by atoms with Crippen LogP contribution in [0.25, 0.3) is 16.7 Å². The number of aromatic nitrogens is 4. The van der Waals surface area contributed by atoms with Gasteiger partial charge in [0.2, 0.25) is 15.0 Å². The van der Waals surface area contributed by atoms with Crippen LogP contribution < -0.4 is 0 Å². The molecule has 0 saturated heterocycles. The molecule has 0 amide bonds. The van der Waals surface area contributed by atoms with Crippen molar-refractivity contribution >= 4 is 26.5 Å². The monoisotopic (exact) mass is 340 g/mol. The molecule has 3 heterocycles. The summed E-state index contributed by atoms with van der Waals surface area (Å²) in [5.74, 6) is 0. The van der Waals surface area contributed by atoms with Gasteiger partial charge in [-0.05, 0) is 30.7 Å². The number of para-hydroxylation sites is 2. The molecule has 0 N–H and O–H groups in total. The maximum absolute atomic E-state index is 12.1. The van der Waals surface area contributed by atoms with E-state index in [0.29, 0.717) is 12.1 Å². The Labute approximate surface area is 139 Å². The molecule has 4 rings (SSSR count). The number of hydrogen-bond donors (Lipinski definition) is 0. The van der Waals surface area contributed by atoms with Gasteiger partial charge in [-0.25, -0.2) is 18.4 Å². The quantitative estimate of drug-likeness (QED) is 0.574. The summed E-state index contributed by atoms with van der Waals surface area (Å²) in [6.07, 6.45) is 5.03. The molecule has 122 valence electrons. The van der Waals surface area contributed by atoms with Gasteiger partial charge in [0.15, 0.2) is 0 Å². The summed E-state index contributed by atoms with van der Waals surface area (Å²) in [7, 11) is -3.44. The predicted octanol–water partition coefficient (Wildman–Crippen LogP) is 2.44. The first-order valence-corrected chi connectivity index (χ1v) is 9.41. The van der Waals surface area contributed by atoms with Gasteiger partial charge >= 0.3 is 0 Å². The van der Waals surface area contributed by atoms with Crippen molar-refractivity contribution in [1.82, 2.24) is 18.9 Å². The van der Waals surface area contributed by atoms with Gasteiger partial charge in [0.25, 0.3) is 0 Å². The summed E-state index contributed by atoms with van der Waals surface area (Å²) in [5, 5.41) is 0.0671. The van der Waals surface area contributed by atoms with Gasteiger partial charge in [-0.15, -0.1) is 0 Å². The van der Waals surface area contributed by atoms with Crippen LogP contribution in [0.15, 0.2) is 53.9 Å². The van der Waals surface area contributed by atoms with Crippen LogP contribution in [0.3, 0.4) is 0 Å². The Morgan fingerprint density at radius 1 is 1.08 bits per heavy atom. The summed E-state index contributed by atoms with van der Waals surface area (Å²) < 4.78 is 27.9. The van der Waals surface area contributed by atoms with E-state index in [4.69, 9.17) is 0 Å². The van der Waals surface area contributed by atoms with Crippen LogP contribution in [0.5, 0.6) is 0 Å². The van der Waals surface area contributed by atoms with E-state index in [-0.39, 0.29) is 5.16 Å². The lowest BCUT2D eigenvalue weighted by Gasteiger charge is -2.05. The second kappa shape index (κ2) is 5.17. The fourth-order valence-corrected chi connectivity index (χ4v) is 3.76. The number of fused-ring (bicyclic) bond motifs is 2. The zero-order valence-electron chi connectivity index (χ0n) is 13.3. The third kappa shape index (κ3) is 2.37. The maximum Gasteiger partial charge on any atom is 0.228 e. The smallest absolute Gasteiger partial charge is 0.228 e. The van der Waals surface area contributed by atoms with Gasteiger partial charge in [-0.2, -0.15) is 0 Å². The van der Waals surface area contributed by atoms with Crippen LogP contribution in [-0.4, -0.2) is 33.6 Å². The first-order valence-electron chi connectivity index (χ1n) is 7.52. The molecule has 0 aliphatic carbocycles. The number of rotatable bonds is 3. The average Bonchev–Trinajstić information content (AvgIpc) is 3.10. The molecule has 1 aromatic carbocycles. The minimum Gasteiger partial charge on any atom is -0.309 e. The van der Waals surface area contributed by atoms with E-state index in [1.54, 1.807) is 4.57 Å². The van der Waals surface area contributed by atoms with Gasteiger partial charge in [0, 0.05) is 18.6 Å². The lowest BCUT2D eigenvalue weighted by atomic mass is 10.3. The Morgan fingerprint density at radius 2 is 1.88 bits per heavy atom. The summed E-state index contributed by atoms with van der Waals surface area (Å²) in [6, 6.07) is 11.4. The lowest BCUT2D eigenvalue weighted by Crippen LogP contribution is -2.10. The molecule has 0 atom stereocenters. The second-order valence-corrected chi connectivity index (χ2v) is 7.81. The number of sulfone groups is 1. The van der Waals surface area contributed by atoms with E-state index >= 15 is 0 Å². The molecule has 24 heavy (non-hydrogen) atoms. The number of imidazole rings is 2. The van der Waals surface area contributed by atoms with Crippen LogP contribution in [0, 0.1) is 6.92 Å². The first-order chi connectivity index (χ1) is 11.4. The zero-order valence-corrected chi connectivity index (χ0v) is 14.2. The van der Waals surface area contributed by atoms with Gasteiger partial charge < -0.3 is 8.97 Å². The first kappa shape index (κ1) is 14.9. The number of nitrogens with zero attached hydrogens (tertiary/aromatic N) is 4. The minimum atomic E-state index is -3.44. The molecular formula is C17H16N4O2S. The molecule has 4 aromatic rings. The molecule has 0 saturated carbocycles. The van der Waals surface area contributed by atoms with Crippen LogP contribution >= 0.6 is 0 Å². The Balaban J connectivity index is 1.90. The van der Waals surface area contributed by atoms with Crippen molar-refractivity contribution in [3.8, 4) is 0 Å². The van der Waals surface area contributed by atoms with E-state index in [2.05, 4.69) is 9.97 Å². The molecule has 0 spiro atoms. The van der Waals surface area contributed by atoms with Gasteiger partial charge in [0.1, 0.15) is 5.65 Å². The van der Waals surface area contributed by atoms with E-state index in [1.165, 1.54) is 6.26 Å². The molecule has 7 heteroatoms. The summed E-state index contributed by atoms with van der Waals surface area (Å²) in [5.41, 5.74) is 4.18. The summed E-state index contributed by atoms with van der Waals surface area (Å²) >= 11 is 0. The maximum atomic E-state index is 12.1. The number of aryl methyl sites for hydroxylation is 1. The van der Waals surface area contributed by atoms with Crippen molar-refractivity contribution in [2.45, 2.75) is 18.6 Å². The fourth-order valence-electron chi connectivity index (χ4n) is 2.93. The predicted molar refractivity (Wildman–Crippen MR) is 91.9 cm³/mol. The van der Waals surface area contributed by atoms with E-state index < -0.39 is 9.84 Å². The summed E-state index contributed by atoms with van der Waals surface area (Å²) in [4.78, 5) is 8.93. The fraction of sp³-hybridized carbons (Fsp3) is 0.176. The van der Waals surface area contributed by atoms with E-state index in [1.807, 2.05) is 60.1 Å². The highest BCUT2D eigenvalue weighted by molar-refractivity contribution is 7.90. The van der Waals surface area contributed by atoms with E-state index in [0.717, 1.165) is 22.4 Å². The Kier molecular flexibility index (Phi) is 3.21. The van der Waals surface area contributed by atoms with Crippen LogP contribution in [0.2, 0.25) is 0 Å². The Bertz CT molecular complexity index is 1170. The average molecular weight is 340 g/mol. The zero-order chi connectivity index (χ0) is 16.9. The number of hydrogen-bond acceptors (Lipinski definition) is 4. The van der Waals surface area contributed by atoms with Crippen molar-refractivity contribution < 1.29 is 8.42 Å². The molecule has 0 bridgehead atoms. The van der Waals surface area contributed by atoms with Crippen LogP contribution in [0.4, 0.5) is 0 Å². The topological polar surface area (TPSA) is 69.3 Å². The van der Waals surface area contributed by atoms with Crippen molar-refractivity contribution in [2.75, 3.05) is 6.26 Å². The van der Waals surface area contributed by atoms with Crippen molar-refractivity contribution in [3.05, 3.63) is 60.0 Å². The van der Waals surface area contributed by atoms with Crippen LogP contribution in [-0.2, 0) is 16.4 Å². The van der Waals surface area contributed by atoms with Gasteiger partial charge in [-0.3, -0.25) is 0 Å². The van der Waals surface area contributed by atoms with Gasteiger partial charge in [-0.1, -0.05) is 18.2 Å². The molecule has 0 fully saturated rings. The third-order valence-electron chi connectivity index (χ3n) is 4.00. The Hall–Kier alpha value is -2.67. The molecule has 0 unspecified atom stereocenters. The molecule has 0 radical (unpaired) electrons. The SMILES string of the molecule is Cc1cccn2cc(Cn3c(S(C)(=O)=O)nc4ccccc43)nc12. The summed E-state index contributed by atoms with van der Waals surface area (Å²) in [6.45, 7) is 2.35. The molecular weight excluding hydrogens is 324 g/mol. The molecule has 3 aromatic heterocycles.